The van der Waals surface area contributed by atoms with Gasteiger partial charge >= 0.3 is 5.97 Å². The third kappa shape index (κ3) is 1.75. The van der Waals surface area contributed by atoms with E-state index in [0.717, 1.165) is 11.4 Å². The highest BCUT2D eigenvalue weighted by Crippen LogP contribution is 2.19. The molecule has 0 aliphatic heterocycles. The quantitative estimate of drug-likeness (QED) is 0.744. The summed E-state index contributed by atoms with van der Waals surface area (Å²) in [6.45, 7) is 1.86. The lowest BCUT2D eigenvalue weighted by molar-refractivity contribution is 0.0697. The fourth-order valence-corrected chi connectivity index (χ4v) is 2.02. The molecule has 0 saturated carbocycles. The molecule has 3 rings (SSSR count). The molecule has 0 aliphatic carbocycles. The summed E-state index contributed by atoms with van der Waals surface area (Å²) >= 11 is 0. The van der Waals surface area contributed by atoms with Crippen LogP contribution in [0.5, 0.6) is 0 Å². The molecule has 1 aromatic carbocycles. The summed E-state index contributed by atoms with van der Waals surface area (Å²) in [7, 11) is 1.82. The van der Waals surface area contributed by atoms with E-state index in [2.05, 4.69) is 15.4 Å². The summed E-state index contributed by atoms with van der Waals surface area (Å²) in [5.41, 5.74) is 3.09. The molecular weight excluding hydrogens is 246 g/mol. The van der Waals surface area contributed by atoms with E-state index in [4.69, 9.17) is 5.11 Å². The van der Waals surface area contributed by atoms with Crippen molar-refractivity contribution in [2.75, 3.05) is 0 Å². The minimum atomic E-state index is -0.974. The number of carbonyl (C=O) groups is 1. The molecule has 2 aromatic heterocycles. The maximum absolute atomic E-state index is 11.0. The molecule has 0 fully saturated rings. The molecule has 7 heteroatoms. The van der Waals surface area contributed by atoms with Gasteiger partial charge in [-0.2, -0.15) is 5.10 Å². The van der Waals surface area contributed by atoms with Crippen molar-refractivity contribution in [1.29, 1.82) is 0 Å². The van der Waals surface area contributed by atoms with Gasteiger partial charge in [0.1, 0.15) is 11.2 Å². The van der Waals surface area contributed by atoms with Crippen molar-refractivity contribution >= 4 is 17.0 Å². The zero-order valence-corrected chi connectivity index (χ0v) is 10.4. The van der Waals surface area contributed by atoms with E-state index in [9.17, 15) is 4.79 Å². The summed E-state index contributed by atoms with van der Waals surface area (Å²) in [6, 6.07) is 4.72. The highest BCUT2D eigenvalue weighted by molar-refractivity contribution is 5.92. The Morgan fingerprint density at radius 2 is 2.16 bits per heavy atom. The molecule has 0 aliphatic rings. The van der Waals surface area contributed by atoms with Gasteiger partial charge in [0.05, 0.1) is 23.0 Å². The molecule has 0 atom stereocenters. The van der Waals surface area contributed by atoms with Gasteiger partial charge in [0.25, 0.3) is 0 Å². The van der Waals surface area contributed by atoms with Gasteiger partial charge in [0.2, 0.25) is 0 Å². The van der Waals surface area contributed by atoms with Gasteiger partial charge in [0, 0.05) is 7.05 Å². The van der Waals surface area contributed by atoms with Gasteiger partial charge in [0.15, 0.2) is 0 Å². The monoisotopic (exact) mass is 257 g/mol. The molecule has 0 bridgehead atoms. The number of fused-ring (bicyclic) bond motifs is 1. The van der Waals surface area contributed by atoms with Crippen LogP contribution in [0.4, 0.5) is 0 Å². The molecule has 0 radical (unpaired) electrons. The Kier molecular flexibility index (Phi) is 2.34. The summed E-state index contributed by atoms with van der Waals surface area (Å²) < 4.78 is 3.28. The lowest BCUT2D eigenvalue weighted by atomic mass is 10.2. The average Bonchev–Trinajstić information content (AvgIpc) is 2.91. The second-order valence-electron chi connectivity index (χ2n) is 4.28. The number of hydrogen-bond donors (Lipinski definition) is 1. The zero-order valence-electron chi connectivity index (χ0n) is 10.4. The maximum atomic E-state index is 11.0. The van der Waals surface area contributed by atoms with Crippen molar-refractivity contribution in [2.45, 2.75) is 6.92 Å². The highest BCUT2D eigenvalue weighted by atomic mass is 16.4. The van der Waals surface area contributed by atoms with E-state index in [1.807, 2.05) is 20.2 Å². The van der Waals surface area contributed by atoms with Gasteiger partial charge in [-0.1, -0.05) is 5.21 Å². The molecule has 3 aromatic rings. The number of carboxylic acids is 1. The van der Waals surface area contributed by atoms with Crippen molar-refractivity contribution < 1.29 is 9.90 Å². The predicted octanol–water partition coefficient (Wildman–Crippen LogP) is 1.16. The van der Waals surface area contributed by atoms with Gasteiger partial charge in [-0.25, -0.2) is 9.48 Å². The van der Waals surface area contributed by atoms with Crippen molar-refractivity contribution in [3.63, 3.8) is 0 Å². The first kappa shape index (κ1) is 11.4. The Morgan fingerprint density at radius 3 is 2.79 bits per heavy atom. The van der Waals surface area contributed by atoms with Crippen molar-refractivity contribution in [1.82, 2.24) is 24.8 Å². The number of rotatable bonds is 2. The van der Waals surface area contributed by atoms with Crippen LogP contribution in [-0.4, -0.2) is 35.9 Å². The first-order valence-corrected chi connectivity index (χ1v) is 5.65. The van der Waals surface area contributed by atoms with Crippen LogP contribution in [-0.2, 0) is 7.05 Å². The highest BCUT2D eigenvalue weighted by Gasteiger charge is 2.13. The van der Waals surface area contributed by atoms with Crippen LogP contribution >= 0.6 is 0 Å². The Labute approximate surface area is 108 Å². The predicted molar refractivity (Wildman–Crippen MR) is 67.3 cm³/mol. The van der Waals surface area contributed by atoms with E-state index in [0.29, 0.717) is 11.0 Å². The number of carboxylic acid groups (broad SMARTS) is 1. The zero-order chi connectivity index (χ0) is 13.6. The third-order valence-corrected chi connectivity index (χ3v) is 2.91. The summed E-state index contributed by atoms with van der Waals surface area (Å²) in [4.78, 5) is 11.0. The first-order chi connectivity index (χ1) is 9.06. The van der Waals surface area contributed by atoms with Crippen LogP contribution in [0.15, 0.2) is 24.4 Å². The van der Waals surface area contributed by atoms with Crippen LogP contribution < -0.4 is 0 Å². The van der Waals surface area contributed by atoms with Crippen LogP contribution in [0.1, 0.15) is 16.1 Å². The second-order valence-corrected chi connectivity index (χ2v) is 4.28. The Bertz CT molecular complexity index is 787. The van der Waals surface area contributed by atoms with Crippen LogP contribution in [0, 0.1) is 6.92 Å². The summed E-state index contributed by atoms with van der Waals surface area (Å²) in [5.74, 6) is -0.974. The van der Waals surface area contributed by atoms with E-state index >= 15 is 0 Å². The fourth-order valence-electron chi connectivity index (χ4n) is 2.02. The van der Waals surface area contributed by atoms with Crippen molar-refractivity contribution in [3.05, 3.63) is 35.7 Å². The topological polar surface area (TPSA) is 85.8 Å². The molecule has 7 nitrogen and oxygen atoms in total. The SMILES string of the molecule is Cc1nn(C)cc1-n1nnc2ccc(C(=O)O)cc21. The lowest BCUT2D eigenvalue weighted by Crippen LogP contribution is -1.99. The Hall–Kier alpha value is -2.70. The van der Waals surface area contributed by atoms with Gasteiger partial charge in [-0.15, -0.1) is 5.10 Å². The van der Waals surface area contributed by atoms with Crippen molar-refractivity contribution in [2.24, 2.45) is 7.05 Å². The normalized spacial score (nSPS) is 11.1. The van der Waals surface area contributed by atoms with Crippen LogP contribution in [0.3, 0.4) is 0 Å². The van der Waals surface area contributed by atoms with Gasteiger partial charge < -0.3 is 5.11 Å². The van der Waals surface area contributed by atoms with Gasteiger partial charge in [-0.3, -0.25) is 4.68 Å². The van der Waals surface area contributed by atoms with E-state index < -0.39 is 5.97 Å². The number of benzene rings is 1. The van der Waals surface area contributed by atoms with Crippen LogP contribution in [0.2, 0.25) is 0 Å². The molecule has 19 heavy (non-hydrogen) atoms. The molecular formula is C12H11N5O2. The molecule has 0 amide bonds. The first-order valence-electron chi connectivity index (χ1n) is 5.65. The summed E-state index contributed by atoms with van der Waals surface area (Å²) in [5, 5.41) is 21.4. The Balaban J connectivity index is 2.27. The van der Waals surface area contributed by atoms with E-state index in [1.165, 1.54) is 6.07 Å². The number of hydrogen-bond acceptors (Lipinski definition) is 4. The smallest absolute Gasteiger partial charge is 0.335 e. The fraction of sp³-hybridized carbons (Fsp3) is 0.167. The molecule has 96 valence electrons. The van der Waals surface area contributed by atoms with E-state index in [-0.39, 0.29) is 5.56 Å². The average molecular weight is 257 g/mol. The lowest BCUT2D eigenvalue weighted by Gasteiger charge is -2.00. The molecule has 0 spiro atoms. The van der Waals surface area contributed by atoms with Crippen molar-refractivity contribution in [3.8, 4) is 5.69 Å². The second kappa shape index (κ2) is 3.91. The largest absolute Gasteiger partial charge is 0.478 e. The molecule has 0 unspecified atom stereocenters. The Morgan fingerprint density at radius 1 is 1.37 bits per heavy atom. The molecule has 2 heterocycles. The minimum Gasteiger partial charge on any atom is -0.478 e. The number of aromatic nitrogens is 5. The standard InChI is InChI=1S/C12H11N5O2/c1-7-11(6-16(2)14-7)17-10-5-8(12(18)19)3-4-9(10)13-15-17/h3-6H,1-2H3,(H,18,19). The number of aromatic carboxylic acids is 1. The van der Waals surface area contributed by atoms with Gasteiger partial charge in [-0.05, 0) is 25.1 Å². The number of nitrogens with zero attached hydrogens (tertiary/aromatic N) is 5. The summed E-state index contributed by atoms with van der Waals surface area (Å²) in [6.07, 6.45) is 1.82. The maximum Gasteiger partial charge on any atom is 0.335 e. The molecule has 0 saturated heterocycles. The molecule has 1 N–H and O–H groups in total. The third-order valence-electron chi connectivity index (χ3n) is 2.91. The number of aryl methyl sites for hydroxylation is 2. The minimum absolute atomic E-state index is 0.206. The van der Waals surface area contributed by atoms with Crippen LogP contribution in [0.25, 0.3) is 16.7 Å². The van der Waals surface area contributed by atoms with E-state index in [1.54, 1.807) is 21.5 Å².